The lowest BCUT2D eigenvalue weighted by molar-refractivity contribution is -0.150. The largest absolute Gasteiger partial charge is 0.465 e. The summed E-state index contributed by atoms with van der Waals surface area (Å²) in [6, 6.07) is 16.3. The monoisotopic (exact) mass is 464 g/mol. The third-order valence-electron chi connectivity index (χ3n) is 8.55. The molecule has 2 aliphatic heterocycles. The number of rotatable bonds is 2. The van der Waals surface area contributed by atoms with Crippen molar-refractivity contribution >= 4 is 55.5 Å². The Labute approximate surface area is 200 Å². The molecule has 4 heterocycles. The number of fused-ring (bicyclic) bond motifs is 13. The Morgan fingerprint density at radius 1 is 1.06 bits per heavy atom. The van der Waals surface area contributed by atoms with Crippen LogP contribution in [-0.2, 0) is 16.1 Å². The first-order valence-electron chi connectivity index (χ1n) is 12.3. The quantitative estimate of drug-likeness (QED) is 0.381. The summed E-state index contributed by atoms with van der Waals surface area (Å²) in [6.45, 7) is 2.61. The molecule has 0 radical (unpaired) electrons. The van der Waals surface area contributed by atoms with Crippen LogP contribution in [0.15, 0.2) is 48.5 Å². The minimum Gasteiger partial charge on any atom is -0.465 e. The molecule has 0 saturated heterocycles. The van der Waals surface area contributed by atoms with Crippen molar-refractivity contribution in [3.63, 3.8) is 0 Å². The van der Waals surface area contributed by atoms with E-state index < -0.39 is 5.54 Å². The summed E-state index contributed by atoms with van der Waals surface area (Å²) in [5.74, 6) is -0.358. The first-order valence-corrected chi connectivity index (χ1v) is 12.3. The minimum atomic E-state index is -1.14. The molecule has 3 N–H and O–H groups in total. The van der Waals surface area contributed by atoms with Crippen molar-refractivity contribution in [3.8, 4) is 0 Å². The van der Waals surface area contributed by atoms with Gasteiger partial charge in [-0.3, -0.25) is 4.79 Å². The molecule has 3 aliphatic rings. The fourth-order valence-corrected chi connectivity index (χ4v) is 7.31. The Bertz CT molecular complexity index is 1790. The fraction of sp³-hybridized carbons (Fsp3) is 0.286. The van der Waals surface area contributed by atoms with E-state index in [-0.39, 0.29) is 24.0 Å². The number of ether oxygens (including phenoxy) is 1. The van der Waals surface area contributed by atoms with E-state index in [1.165, 1.54) is 0 Å². The highest BCUT2D eigenvalue weighted by molar-refractivity contribution is 6.31. The van der Waals surface area contributed by atoms with Gasteiger partial charge < -0.3 is 24.9 Å². The summed E-state index contributed by atoms with van der Waals surface area (Å²) >= 11 is 0. The molecule has 1 amide bonds. The molecule has 3 aromatic carbocycles. The minimum absolute atomic E-state index is 0.0150. The van der Waals surface area contributed by atoms with Crippen LogP contribution in [-0.4, -0.2) is 33.2 Å². The molecule has 1 saturated carbocycles. The fourth-order valence-electron chi connectivity index (χ4n) is 7.31. The average molecular weight is 465 g/mol. The van der Waals surface area contributed by atoms with Gasteiger partial charge in [0.05, 0.1) is 29.2 Å². The number of carbonyl (C=O) groups is 2. The lowest BCUT2D eigenvalue weighted by Crippen LogP contribution is -2.52. The number of nitrogens with zero attached hydrogens (tertiary/aromatic N) is 2. The van der Waals surface area contributed by atoms with E-state index >= 15 is 0 Å². The number of hydrogen-bond donors (Lipinski definition) is 2. The van der Waals surface area contributed by atoms with Crippen LogP contribution in [0.5, 0.6) is 0 Å². The number of para-hydroxylation sites is 2. The van der Waals surface area contributed by atoms with Crippen LogP contribution < -0.4 is 11.1 Å². The summed E-state index contributed by atoms with van der Waals surface area (Å²) in [6.07, 6.45) is 1.21. The molecule has 5 aromatic rings. The van der Waals surface area contributed by atoms with Crippen molar-refractivity contribution in [2.45, 2.75) is 43.9 Å². The Morgan fingerprint density at radius 3 is 2.46 bits per heavy atom. The summed E-state index contributed by atoms with van der Waals surface area (Å²) in [5.41, 5.74) is 12.0. The molecule has 7 heteroatoms. The van der Waals surface area contributed by atoms with E-state index in [0.29, 0.717) is 19.6 Å². The Hall–Kier alpha value is -3.84. The molecule has 1 fully saturated rings. The number of hydrogen-bond acceptors (Lipinski definition) is 4. The highest BCUT2D eigenvalue weighted by Gasteiger charge is 2.55. The van der Waals surface area contributed by atoms with Gasteiger partial charge in [-0.05, 0) is 37.5 Å². The number of aromatic nitrogens is 2. The molecular formula is C28H24N4O3. The van der Waals surface area contributed by atoms with Crippen molar-refractivity contribution in [1.29, 1.82) is 0 Å². The molecule has 0 unspecified atom stereocenters. The molecule has 1 aliphatic carbocycles. The highest BCUT2D eigenvalue weighted by atomic mass is 16.5. The zero-order valence-corrected chi connectivity index (χ0v) is 19.3. The van der Waals surface area contributed by atoms with Gasteiger partial charge in [0.15, 0.2) is 0 Å². The van der Waals surface area contributed by atoms with Gasteiger partial charge in [-0.1, -0.05) is 36.4 Å². The van der Waals surface area contributed by atoms with Crippen molar-refractivity contribution in [3.05, 3.63) is 59.7 Å². The Morgan fingerprint density at radius 2 is 1.71 bits per heavy atom. The van der Waals surface area contributed by atoms with Gasteiger partial charge in [0.2, 0.25) is 0 Å². The van der Waals surface area contributed by atoms with Crippen molar-refractivity contribution < 1.29 is 14.3 Å². The third kappa shape index (κ3) is 2.08. The number of esters is 1. The molecule has 174 valence electrons. The van der Waals surface area contributed by atoms with E-state index in [0.717, 1.165) is 61.2 Å². The van der Waals surface area contributed by atoms with Crippen LogP contribution in [0.1, 0.15) is 47.8 Å². The van der Waals surface area contributed by atoms with E-state index in [1.54, 1.807) is 0 Å². The van der Waals surface area contributed by atoms with Crippen LogP contribution in [0.2, 0.25) is 0 Å². The second-order valence-electron chi connectivity index (χ2n) is 10.1. The van der Waals surface area contributed by atoms with Crippen molar-refractivity contribution in [2.75, 3.05) is 6.61 Å². The zero-order chi connectivity index (χ0) is 23.6. The molecule has 0 spiro atoms. The van der Waals surface area contributed by atoms with E-state index in [4.69, 9.17) is 10.5 Å². The second-order valence-corrected chi connectivity index (χ2v) is 10.1. The number of amides is 1. The molecule has 35 heavy (non-hydrogen) atoms. The maximum atomic E-state index is 13.4. The van der Waals surface area contributed by atoms with Gasteiger partial charge in [0.25, 0.3) is 5.91 Å². The third-order valence-corrected chi connectivity index (χ3v) is 8.55. The first-order chi connectivity index (χ1) is 17.0. The van der Waals surface area contributed by atoms with E-state index in [2.05, 4.69) is 38.7 Å². The highest BCUT2D eigenvalue weighted by Crippen LogP contribution is 2.56. The van der Waals surface area contributed by atoms with Crippen LogP contribution in [0.25, 0.3) is 43.6 Å². The topological polar surface area (TPSA) is 91.3 Å². The standard InChI is InChI=1S/C28H24N4O3/c1-2-35-27(34)28(29)12-14-11-20(28)32-19-10-6-3-7-15(19)21-17-13-30-26(33)23(17)22-16-8-4-5-9-18(16)31(14)25(22)24(21)32/h3-10,14,20H,2,11-13,29H2,1H3,(H,30,33)/t14-,20+,28-/m1/s1. The maximum Gasteiger partial charge on any atom is 0.328 e. The summed E-state index contributed by atoms with van der Waals surface area (Å²) in [7, 11) is 0. The summed E-state index contributed by atoms with van der Waals surface area (Å²) in [5, 5.41) is 7.34. The van der Waals surface area contributed by atoms with Gasteiger partial charge in [-0.2, -0.15) is 0 Å². The number of nitrogens with two attached hydrogens (primary N) is 1. The lowest BCUT2D eigenvalue weighted by Gasteiger charge is -2.32. The smallest absolute Gasteiger partial charge is 0.328 e. The van der Waals surface area contributed by atoms with Crippen molar-refractivity contribution in [2.24, 2.45) is 5.73 Å². The normalized spacial score (nSPS) is 24.6. The Balaban J connectivity index is 1.66. The van der Waals surface area contributed by atoms with E-state index in [1.807, 2.05) is 31.2 Å². The van der Waals surface area contributed by atoms with Gasteiger partial charge >= 0.3 is 5.97 Å². The number of benzene rings is 3. The molecule has 8 rings (SSSR count). The number of nitrogens with one attached hydrogen (secondary N) is 1. The molecule has 3 atom stereocenters. The van der Waals surface area contributed by atoms with Crippen LogP contribution in [0.3, 0.4) is 0 Å². The summed E-state index contributed by atoms with van der Waals surface area (Å²) in [4.78, 5) is 26.6. The van der Waals surface area contributed by atoms with Gasteiger partial charge in [-0.15, -0.1) is 0 Å². The van der Waals surface area contributed by atoms with Crippen LogP contribution in [0.4, 0.5) is 0 Å². The van der Waals surface area contributed by atoms with E-state index in [9.17, 15) is 9.59 Å². The molecule has 2 aromatic heterocycles. The van der Waals surface area contributed by atoms with Crippen molar-refractivity contribution in [1.82, 2.24) is 14.5 Å². The lowest BCUT2D eigenvalue weighted by atomic mass is 9.93. The van der Waals surface area contributed by atoms with Gasteiger partial charge in [0.1, 0.15) is 5.54 Å². The first kappa shape index (κ1) is 19.5. The predicted molar refractivity (Wildman–Crippen MR) is 134 cm³/mol. The Kier molecular flexibility index (Phi) is 3.46. The zero-order valence-electron chi connectivity index (χ0n) is 19.3. The maximum absolute atomic E-state index is 13.4. The SMILES string of the molecule is CCOC(=O)[C@@]1(N)C[C@H]2C[C@@H]1n1c3ccccc3c3c4c(c5c6ccccc6n2c5c31)C(=O)NC4. The average Bonchev–Trinajstić information content (AvgIpc) is 3.56. The van der Waals surface area contributed by atoms with Crippen LogP contribution >= 0.6 is 0 Å². The summed E-state index contributed by atoms with van der Waals surface area (Å²) < 4.78 is 10.2. The predicted octanol–water partition coefficient (Wildman–Crippen LogP) is 4.30. The molecule has 2 bridgehead atoms. The van der Waals surface area contributed by atoms with Crippen LogP contribution in [0, 0.1) is 0 Å². The van der Waals surface area contributed by atoms with Gasteiger partial charge in [-0.25, -0.2) is 4.79 Å². The molecule has 7 nitrogen and oxygen atoms in total. The molecular weight excluding hydrogens is 440 g/mol. The second kappa shape index (κ2) is 6.23. The van der Waals surface area contributed by atoms with Gasteiger partial charge in [0, 0.05) is 45.2 Å². The number of carbonyl (C=O) groups excluding carboxylic acids is 2.